The van der Waals surface area contributed by atoms with Crippen LogP contribution in [-0.4, -0.2) is 18.1 Å². The maximum atomic E-state index is 9.37. The van der Waals surface area contributed by atoms with Gasteiger partial charge in [-0.1, -0.05) is 11.6 Å². The number of aromatic nitrogens is 1. The zero-order chi connectivity index (χ0) is 13.2. The lowest BCUT2D eigenvalue weighted by atomic mass is 9.94. The third-order valence-corrected chi connectivity index (χ3v) is 4.14. The molecule has 0 bridgehead atoms. The molecule has 1 aliphatic carbocycles. The highest BCUT2D eigenvalue weighted by Gasteiger charge is 2.19. The molecule has 0 saturated heterocycles. The van der Waals surface area contributed by atoms with E-state index >= 15 is 0 Å². The van der Waals surface area contributed by atoms with E-state index in [-0.39, 0.29) is 0 Å². The van der Waals surface area contributed by atoms with Crippen LogP contribution in [0.25, 0.3) is 0 Å². The first-order chi connectivity index (χ1) is 9.28. The lowest BCUT2D eigenvalue weighted by Gasteiger charge is -2.28. The van der Waals surface area contributed by atoms with E-state index in [0.29, 0.717) is 0 Å². The maximum Gasteiger partial charge on any atom is 0.147 e. The van der Waals surface area contributed by atoms with Gasteiger partial charge in [0.1, 0.15) is 11.9 Å². The SMILES string of the molecule is CC1=CCN(c2nc3c(cc2C#N)CCCC3)CC1. The number of hydrogen-bond donors (Lipinski definition) is 0. The van der Waals surface area contributed by atoms with Gasteiger partial charge in [0, 0.05) is 18.8 Å². The van der Waals surface area contributed by atoms with Crippen LogP contribution in [0.3, 0.4) is 0 Å². The largest absolute Gasteiger partial charge is 0.351 e. The van der Waals surface area contributed by atoms with Gasteiger partial charge in [0.15, 0.2) is 0 Å². The molecule has 3 heteroatoms. The van der Waals surface area contributed by atoms with Crippen molar-refractivity contribution in [2.75, 3.05) is 18.0 Å². The molecule has 19 heavy (non-hydrogen) atoms. The molecule has 1 aromatic heterocycles. The Morgan fingerprint density at radius 1 is 1.26 bits per heavy atom. The Balaban J connectivity index is 1.98. The Hall–Kier alpha value is -1.82. The molecule has 2 aliphatic rings. The van der Waals surface area contributed by atoms with Crippen LogP contribution in [-0.2, 0) is 12.8 Å². The molecule has 1 aliphatic heterocycles. The molecular weight excluding hydrogens is 234 g/mol. The van der Waals surface area contributed by atoms with E-state index < -0.39 is 0 Å². The molecule has 0 unspecified atom stereocenters. The van der Waals surface area contributed by atoms with Crippen molar-refractivity contribution < 1.29 is 0 Å². The van der Waals surface area contributed by atoms with Crippen LogP contribution < -0.4 is 4.90 Å². The molecule has 3 nitrogen and oxygen atoms in total. The minimum absolute atomic E-state index is 0.744. The molecule has 2 heterocycles. The summed E-state index contributed by atoms with van der Waals surface area (Å²) in [6, 6.07) is 4.40. The Kier molecular flexibility index (Phi) is 3.25. The van der Waals surface area contributed by atoms with Crippen LogP contribution in [0.1, 0.15) is 43.0 Å². The number of fused-ring (bicyclic) bond motifs is 1. The normalized spacial score (nSPS) is 18.5. The van der Waals surface area contributed by atoms with Gasteiger partial charge in [-0.3, -0.25) is 0 Å². The monoisotopic (exact) mass is 253 g/mol. The summed E-state index contributed by atoms with van der Waals surface area (Å²) in [5.74, 6) is 0.895. The van der Waals surface area contributed by atoms with Gasteiger partial charge >= 0.3 is 0 Å². The minimum atomic E-state index is 0.744. The quantitative estimate of drug-likeness (QED) is 0.722. The number of hydrogen-bond acceptors (Lipinski definition) is 3. The van der Waals surface area contributed by atoms with Crippen LogP contribution >= 0.6 is 0 Å². The van der Waals surface area contributed by atoms with Gasteiger partial charge in [0.2, 0.25) is 0 Å². The smallest absolute Gasteiger partial charge is 0.147 e. The van der Waals surface area contributed by atoms with E-state index in [1.165, 1.54) is 29.7 Å². The predicted octanol–water partition coefficient (Wildman–Crippen LogP) is 2.99. The highest BCUT2D eigenvalue weighted by atomic mass is 15.2. The predicted molar refractivity (Wildman–Crippen MR) is 76.2 cm³/mol. The highest BCUT2D eigenvalue weighted by Crippen LogP contribution is 2.27. The number of rotatable bonds is 1. The van der Waals surface area contributed by atoms with Gasteiger partial charge in [-0.25, -0.2) is 4.98 Å². The molecule has 0 atom stereocenters. The second-order valence-corrected chi connectivity index (χ2v) is 5.53. The molecule has 0 N–H and O–H groups in total. The zero-order valence-corrected chi connectivity index (χ0v) is 11.4. The molecule has 0 aromatic carbocycles. The van der Waals surface area contributed by atoms with Crippen LogP contribution in [0.5, 0.6) is 0 Å². The van der Waals surface area contributed by atoms with Crippen molar-refractivity contribution in [1.82, 2.24) is 4.98 Å². The Labute approximate surface area is 114 Å². The summed E-state index contributed by atoms with van der Waals surface area (Å²) in [5.41, 5.74) is 4.68. The summed E-state index contributed by atoms with van der Waals surface area (Å²) >= 11 is 0. The lowest BCUT2D eigenvalue weighted by molar-refractivity contribution is 0.663. The second-order valence-electron chi connectivity index (χ2n) is 5.53. The van der Waals surface area contributed by atoms with E-state index in [4.69, 9.17) is 4.98 Å². The van der Waals surface area contributed by atoms with E-state index in [0.717, 1.165) is 43.7 Å². The van der Waals surface area contributed by atoms with Gasteiger partial charge in [0.25, 0.3) is 0 Å². The summed E-state index contributed by atoms with van der Waals surface area (Å²) in [6.45, 7) is 4.03. The molecule has 0 saturated carbocycles. The fourth-order valence-corrected chi connectivity index (χ4v) is 2.91. The molecule has 0 radical (unpaired) electrons. The van der Waals surface area contributed by atoms with Gasteiger partial charge < -0.3 is 4.90 Å². The first-order valence-corrected chi connectivity index (χ1v) is 7.11. The van der Waals surface area contributed by atoms with Crippen molar-refractivity contribution >= 4 is 5.82 Å². The number of nitriles is 1. The Morgan fingerprint density at radius 3 is 2.84 bits per heavy atom. The summed E-state index contributed by atoms with van der Waals surface area (Å²) in [4.78, 5) is 7.04. The maximum absolute atomic E-state index is 9.37. The fraction of sp³-hybridized carbons (Fsp3) is 0.500. The third-order valence-electron chi connectivity index (χ3n) is 4.14. The standard InChI is InChI=1S/C16H19N3/c1-12-6-8-19(9-7-12)16-14(11-17)10-13-4-2-3-5-15(13)18-16/h6,10H,2-5,7-9H2,1H3. The zero-order valence-electron chi connectivity index (χ0n) is 11.4. The van der Waals surface area contributed by atoms with Crippen LogP contribution in [0.4, 0.5) is 5.82 Å². The molecular formula is C16H19N3. The van der Waals surface area contributed by atoms with Crippen molar-refractivity contribution in [3.05, 3.63) is 34.5 Å². The second kappa shape index (κ2) is 5.05. The van der Waals surface area contributed by atoms with E-state index in [1.807, 2.05) is 0 Å². The van der Waals surface area contributed by atoms with Gasteiger partial charge in [-0.15, -0.1) is 0 Å². The number of anilines is 1. The van der Waals surface area contributed by atoms with Gasteiger partial charge in [-0.2, -0.15) is 5.26 Å². The summed E-state index contributed by atoms with van der Waals surface area (Å²) < 4.78 is 0. The average Bonchev–Trinajstić information content (AvgIpc) is 2.46. The fourth-order valence-electron chi connectivity index (χ4n) is 2.91. The molecule has 3 rings (SSSR count). The van der Waals surface area contributed by atoms with Crippen molar-refractivity contribution in [2.24, 2.45) is 0 Å². The van der Waals surface area contributed by atoms with Crippen molar-refractivity contribution in [1.29, 1.82) is 5.26 Å². The van der Waals surface area contributed by atoms with Crippen molar-refractivity contribution in [2.45, 2.75) is 39.0 Å². The number of nitrogens with zero attached hydrogens (tertiary/aromatic N) is 3. The number of aryl methyl sites for hydroxylation is 2. The lowest BCUT2D eigenvalue weighted by Crippen LogP contribution is -2.30. The van der Waals surface area contributed by atoms with Crippen molar-refractivity contribution in [3.8, 4) is 6.07 Å². The number of pyridine rings is 1. The molecule has 0 amide bonds. The summed E-state index contributed by atoms with van der Waals surface area (Å²) in [7, 11) is 0. The van der Waals surface area contributed by atoms with E-state index in [1.54, 1.807) is 0 Å². The van der Waals surface area contributed by atoms with Crippen molar-refractivity contribution in [3.63, 3.8) is 0 Å². The average molecular weight is 253 g/mol. The van der Waals surface area contributed by atoms with E-state index in [9.17, 15) is 5.26 Å². The van der Waals surface area contributed by atoms with Crippen LogP contribution in [0, 0.1) is 11.3 Å². The molecule has 1 aromatic rings. The first kappa shape index (κ1) is 12.2. The van der Waals surface area contributed by atoms with Crippen LogP contribution in [0.15, 0.2) is 17.7 Å². The molecule has 98 valence electrons. The summed E-state index contributed by atoms with van der Waals surface area (Å²) in [5, 5.41) is 9.37. The Bertz CT molecular complexity index is 566. The summed E-state index contributed by atoms with van der Waals surface area (Å²) in [6.07, 6.45) is 7.91. The van der Waals surface area contributed by atoms with Gasteiger partial charge in [-0.05, 0) is 50.7 Å². The third kappa shape index (κ3) is 2.35. The van der Waals surface area contributed by atoms with Gasteiger partial charge in [0.05, 0.1) is 5.56 Å². The highest BCUT2D eigenvalue weighted by molar-refractivity contribution is 5.57. The first-order valence-electron chi connectivity index (χ1n) is 7.11. The minimum Gasteiger partial charge on any atom is -0.351 e. The topological polar surface area (TPSA) is 39.9 Å². The molecule has 0 fully saturated rings. The Morgan fingerprint density at radius 2 is 2.11 bits per heavy atom. The molecule has 0 spiro atoms. The van der Waals surface area contributed by atoms with Crippen LogP contribution in [0.2, 0.25) is 0 Å². The van der Waals surface area contributed by atoms with E-state index in [2.05, 4.69) is 30.0 Å².